The number of aliphatic hydroxyl groups is 1. The van der Waals surface area contributed by atoms with Gasteiger partial charge in [0.15, 0.2) is 0 Å². The van der Waals surface area contributed by atoms with Crippen LogP contribution in [0.25, 0.3) is 0 Å². The number of β-lactam (4-membered cyclic amide) rings is 1. The molecule has 1 aromatic rings. The van der Waals surface area contributed by atoms with Crippen LogP contribution in [0.2, 0.25) is 0 Å². The van der Waals surface area contributed by atoms with Crippen molar-refractivity contribution in [3.63, 3.8) is 0 Å². The molecule has 0 bridgehead atoms. The summed E-state index contributed by atoms with van der Waals surface area (Å²) in [7, 11) is 0. The Morgan fingerprint density at radius 2 is 2.00 bits per heavy atom. The number of carbonyl (C=O) groups excluding carboxylic acids is 3. The highest BCUT2D eigenvalue weighted by atomic mass is 32.2. The van der Waals surface area contributed by atoms with E-state index in [0.717, 1.165) is 5.56 Å². The van der Waals surface area contributed by atoms with Crippen LogP contribution in [0.15, 0.2) is 30.3 Å². The maximum atomic E-state index is 12.5. The zero-order valence-corrected chi connectivity index (χ0v) is 15.5. The Morgan fingerprint density at radius 1 is 1.31 bits per heavy atom. The third-order valence-corrected chi connectivity index (χ3v) is 6.10. The number of amides is 2. The summed E-state index contributed by atoms with van der Waals surface area (Å²) in [6.45, 7) is 3.38. The van der Waals surface area contributed by atoms with E-state index in [1.165, 1.54) is 16.7 Å². The lowest BCUT2D eigenvalue weighted by atomic mass is 9.96. The van der Waals surface area contributed by atoms with E-state index in [9.17, 15) is 14.4 Å². The van der Waals surface area contributed by atoms with Crippen LogP contribution < -0.4 is 5.32 Å². The first-order chi connectivity index (χ1) is 12.3. The van der Waals surface area contributed by atoms with Crippen LogP contribution in [-0.4, -0.2) is 63.2 Å². The number of fused-ring (bicyclic) bond motifs is 1. The molecule has 2 aliphatic heterocycles. The molecule has 140 valence electrons. The summed E-state index contributed by atoms with van der Waals surface area (Å²) in [6, 6.07) is 7.95. The summed E-state index contributed by atoms with van der Waals surface area (Å²) < 4.78 is 4.49. The van der Waals surface area contributed by atoms with Crippen molar-refractivity contribution in [2.75, 3.05) is 13.2 Å². The number of aliphatic hydroxyl groups excluding tert-OH is 1. The molecule has 0 aliphatic carbocycles. The van der Waals surface area contributed by atoms with E-state index in [4.69, 9.17) is 9.84 Å². The Balaban J connectivity index is 1.64. The van der Waals surface area contributed by atoms with Crippen LogP contribution in [0.4, 0.5) is 0 Å². The van der Waals surface area contributed by atoms with E-state index in [0.29, 0.717) is 0 Å². The van der Waals surface area contributed by atoms with Gasteiger partial charge in [-0.25, -0.2) is 4.79 Å². The van der Waals surface area contributed by atoms with Crippen molar-refractivity contribution in [2.45, 2.75) is 42.5 Å². The molecule has 3 rings (SSSR count). The van der Waals surface area contributed by atoms with Gasteiger partial charge in [0.1, 0.15) is 24.1 Å². The van der Waals surface area contributed by atoms with E-state index in [1.807, 2.05) is 44.2 Å². The number of ether oxygens (including phenoxy) is 1. The topological polar surface area (TPSA) is 95.9 Å². The fourth-order valence-corrected chi connectivity index (χ4v) is 4.98. The number of nitrogens with one attached hydrogen (secondary N) is 1. The molecule has 0 unspecified atom stereocenters. The van der Waals surface area contributed by atoms with E-state index >= 15 is 0 Å². The molecule has 8 heteroatoms. The van der Waals surface area contributed by atoms with Gasteiger partial charge in [-0.3, -0.25) is 9.59 Å². The monoisotopic (exact) mass is 378 g/mol. The van der Waals surface area contributed by atoms with Gasteiger partial charge in [-0.1, -0.05) is 30.3 Å². The number of benzene rings is 1. The smallest absolute Gasteiger partial charge is 0.330 e. The molecule has 2 N–H and O–H groups in total. The maximum Gasteiger partial charge on any atom is 0.330 e. The summed E-state index contributed by atoms with van der Waals surface area (Å²) in [5.74, 6) is -1.03. The molecule has 0 radical (unpaired) electrons. The van der Waals surface area contributed by atoms with Crippen molar-refractivity contribution in [3.8, 4) is 0 Å². The second kappa shape index (κ2) is 7.28. The molecule has 0 spiro atoms. The van der Waals surface area contributed by atoms with Gasteiger partial charge in [0.2, 0.25) is 11.8 Å². The Hall–Kier alpha value is -2.06. The average molecular weight is 378 g/mol. The highest BCUT2D eigenvalue weighted by molar-refractivity contribution is 8.01. The highest BCUT2D eigenvalue weighted by Gasteiger charge is 2.64. The largest absolute Gasteiger partial charge is 0.462 e. The predicted octanol–water partition coefficient (Wildman–Crippen LogP) is 0.312. The molecule has 26 heavy (non-hydrogen) atoms. The average Bonchev–Trinajstić information content (AvgIpc) is 2.86. The summed E-state index contributed by atoms with van der Waals surface area (Å²) in [6.07, 6.45) is 0.202. The Bertz CT molecular complexity index is 709. The highest BCUT2D eigenvalue weighted by Crippen LogP contribution is 2.51. The quantitative estimate of drug-likeness (QED) is 0.546. The SMILES string of the molecule is CC1(C)S[C@@H]2[C@H](NC(=O)Cc3ccccc3)C(=O)N2[C@H]1C(=O)OCCO. The first-order valence-electron chi connectivity index (χ1n) is 8.46. The van der Waals surface area contributed by atoms with Crippen molar-refractivity contribution in [1.29, 1.82) is 0 Å². The van der Waals surface area contributed by atoms with Gasteiger partial charge in [-0.2, -0.15) is 0 Å². The Labute approximate surface area is 156 Å². The van der Waals surface area contributed by atoms with E-state index in [1.54, 1.807) is 0 Å². The van der Waals surface area contributed by atoms with Gasteiger partial charge in [0, 0.05) is 4.75 Å². The fraction of sp³-hybridized carbons (Fsp3) is 0.500. The molecule has 0 aromatic heterocycles. The predicted molar refractivity (Wildman–Crippen MR) is 96.2 cm³/mol. The summed E-state index contributed by atoms with van der Waals surface area (Å²) >= 11 is 1.47. The number of esters is 1. The summed E-state index contributed by atoms with van der Waals surface area (Å²) in [5.41, 5.74) is 0.874. The second-order valence-electron chi connectivity index (χ2n) is 6.86. The molecule has 2 fully saturated rings. The van der Waals surface area contributed by atoms with Gasteiger partial charge in [-0.05, 0) is 19.4 Å². The minimum absolute atomic E-state index is 0.0972. The Kier molecular flexibility index (Phi) is 5.24. The lowest BCUT2D eigenvalue weighted by Crippen LogP contribution is -2.70. The standard InChI is InChI=1S/C18H22N2O5S/c1-18(2)14(17(24)25-9-8-21)20-15(23)13(16(20)26-18)19-12(22)10-11-6-4-3-5-7-11/h3-7,13-14,16,21H,8-10H2,1-2H3,(H,19,22)/t13-,14+,16-/m1/s1. The molecule has 1 aromatic carbocycles. The van der Waals surface area contributed by atoms with Crippen LogP contribution in [0.1, 0.15) is 19.4 Å². The molecular weight excluding hydrogens is 356 g/mol. The van der Waals surface area contributed by atoms with Gasteiger partial charge in [0.25, 0.3) is 0 Å². The minimum Gasteiger partial charge on any atom is -0.462 e. The van der Waals surface area contributed by atoms with Crippen LogP contribution in [0, 0.1) is 0 Å². The molecule has 7 nitrogen and oxygen atoms in total. The molecule has 3 atom stereocenters. The lowest BCUT2D eigenvalue weighted by Gasteiger charge is -2.43. The number of thioether (sulfide) groups is 1. The van der Waals surface area contributed by atoms with Crippen molar-refractivity contribution in [2.24, 2.45) is 0 Å². The zero-order chi connectivity index (χ0) is 18.9. The first-order valence-corrected chi connectivity index (χ1v) is 9.34. The normalized spacial score (nSPS) is 26.0. The molecule has 0 saturated carbocycles. The summed E-state index contributed by atoms with van der Waals surface area (Å²) in [5, 5.41) is 11.3. The van der Waals surface area contributed by atoms with Crippen molar-refractivity contribution < 1.29 is 24.2 Å². The third-order valence-electron chi connectivity index (χ3n) is 4.52. The van der Waals surface area contributed by atoms with E-state index < -0.39 is 22.8 Å². The van der Waals surface area contributed by atoms with Gasteiger partial charge in [0.05, 0.1) is 13.0 Å². The lowest BCUT2D eigenvalue weighted by molar-refractivity contribution is -0.164. The number of nitrogens with zero attached hydrogens (tertiary/aromatic N) is 1. The molecule has 2 heterocycles. The molecular formula is C18H22N2O5S. The first kappa shape index (κ1) is 18.7. The number of rotatable bonds is 6. The van der Waals surface area contributed by atoms with Gasteiger partial charge >= 0.3 is 5.97 Å². The van der Waals surface area contributed by atoms with E-state index in [2.05, 4.69) is 5.32 Å². The fourth-order valence-electron chi connectivity index (χ4n) is 3.36. The van der Waals surface area contributed by atoms with Crippen LogP contribution >= 0.6 is 11.8 Å². The molecule has 2 aliphatic rings. The van der Waals surface area contributed by atoms with Crippen LogP contribution in [0.5, 0.6) is 0 Å². The van der Waals surface area contributed by atoms with Crippen molar-refractivity contribution in [3.05, 3.63) is 35.9 Å². The number of hydrogen-bond donors (Lipinski definition) is 2. The molecule has 2 saturated heterocycles. The number of hydrogen-bond acceptors (Lipinski definition) is 6. The van der Waals surface area contributed by atoms with Crippen LogP contribution in [-0.2, 0) is 25.5 Å². The van der Waals surface area contributed by atoms with Crippen molar-refractivity contribution in [1.82, 2.24) is 10.2 Å². The van der Waals surface area contributed by atoms with Gasteiger partial charge < -0.3 is 20.1 Å². The zero-order valence-electron chi connectivity index (χ0n) is 14.7. The third kappa shape index (κ3) is 3.43. The van der Waals surface area contributed by atoms with Crippen LogP contribution in [0.3, 0.4) is 0 Å². The van der Waals surface area contributed by atoms with Crippen molar-refractivity contribution >= 4 is 29.5 Å². The maximum absolute atomic E-state index is 12.5. The summed E-state index contributed by atoms with van der Waals surface area (Å²) in [4.78, 5) is 38.6. The van der Waals surface area contributed by atoms with E-state index in [-0.39, 0.29) is 36.8 Å². The number of carbonyl (C=O) groups is 3. The minimum atomic E-state index is -0.723. The second-order valence-corrected chi connectivity index (χ2v) is 8.63. The Morgan fingerprint density at radius 3 is 2.65 bits per heavy atom. The van der Waals surface area contributed by atoms with Gasteiger partial charge in [-0.15, -0.1) is 11.8 Å². The molecule has 2 amide bonds.